The van der Waals surface area contributed by atoms with Crippen LogP contribution in [0.1, 0.15) is 29.2 Å². The highest BCUT2D eigenvalue weighted by molar-refractivity contribution is 5.96. The standard InChI is InChI=1S/C24H22/c1-18-11-9-10-14-21(18)17-24(22-15-7-4-8-16-22)19(2)23(24)20-12-5-3-6-13-20/h3-16H,17H2,1-2H3/t24-/m0/s1. The van der Waals surface area contributed by atoms with Crippen LogP contribution in [0.2, 0.25) is 0 Å². The van der Waals surface area contributed by atoms with Crippen LogP contribution in [0, 0.1) is 6.92 Å². The van der Waals surface area contributed by atoms with Crippen molar-refractivity contribution < 1.29 is 0 Å². The van der Waals surface area contributed by atoms with Gasteiger partial charge in [-0.3, -0.25) is 0 Å². The third kappa shape index (κ3) is 2.30. The zero-order chi connectivity index (χ0) is 16.6. The molecule has 24 heavy (non-hydrogen) atoms. The summed E-state index contributed by atoms with van der Waals surface area (Å²) in [6.45, 7) is 4.52. The maximum atomic E-state index is 2.30. The Bertz CT molecular complexity index is 888. The minimum atomic E-state index is 0.0503. The van der Waals surface area contributed by atoms with Crippen LogP contribution in [0.15, 0.2) is 90.5 Å². The Morgan fingerprint density at radius 3 is 1.92 bits per heavy atom. The lowest BCUT2D eigenvalue weighted by Crippen LogP contribution is -2.17. The van der Waals surface area contributed by atoms with Crippen LogP contribution in [0.25, 0.3) is 5.57 Å². The Kier molecular flexibility index (Phi) is 3.61. The zero-order valence-corrected chi connectivity index (χ0v) is 14.3. The summed E-state index contributed by atoms with van der Waals surface area (Å²) in [4.78, 5) is 0. The van der Waals surface area contributed by atoms with E-state index in [0.29, 0.717) is 0 Å². The molecule has 0 unspecified atom stereocenters. The number of benzene rings is 3. The maximum absolute atomic E-state index is 2.30. The monoisotopic (exact) mass is 310 g/mol. The summed E-state index contributed by atoms with van der Waals surface area (Å²) in [5.41, 5.74) is 8.62. The summed E-state index contributed by atoms with van der Waals surface area (Å²) in [6, 6.07) is 30.6. The van der Waals surface area contributed by atoms with Crippen molar-refractivity contribution >= 4 is 5.57 Å². The highest BCUT2D eigenvalue weighted by Gasteiger charge is 2.52. The molecule has 0 heteroatoms. The van der Waals surface area contributed by atoms with Gasteiger partial charge in [-0.15, -0.1) is 0 Å². The molecule has 0 radical (unpaired) electrons. The smallest absolute Gasteiger partial charge is 0.0460 e. The Hall–Kier alpha value is -2.60. The van der Waals surface area contributed by atoms with Crippen LogP contribution in [0.3, 0.4) is 0 Å². The average molecular weight is 310 g/mol. The predicted octanol–water partition coefficient (Wildman–Crippen LogP) is 5.96. The molecule has 0 aliphatic heterocycles. The van der Waals surface area contributed by atoms with E-state index in [4.69, 9.17) is 0 Å². The van der Waals surface area contributed by atoms with Gasteiger partial charge in [0.1, 0.15) is 0 Å². The molecule has 1 aliphatic carbocycles. The van der Waals surface area contributed by atoms with Crippen LogP contribution in [0.4, 0.5) is 0 Å². The minimum absolute atomic E-state index is 0.0503. The molecule has 0 saturated carbocycles. The average Bonchev–Trinajstić information content (AvgIpc) is 3.23. The van der Waals surface area contributed by atoms with Crippen molar-refractivity contribution in [3.8, 4) is 0 Å². The molecule has 0 amide bonds. The lowest BCUT2D eigenvalue weighted by Gasteiger charge is -2.22. The lowest BCUT2D eigenvalue weighted by molar-refractivity contribution is 0.733. The fraction of sp³-hybridized carbons (Fsp3) is 0.167. The number of aryl methyl sites for hydroxylation is 1. The van der Waals surface area contributed by atoms with Crippen molar-refractivity contribution in [1.29, 1.82) is 0 Å². The SMILES string of the molecule is CC1=C(c2ccccc2)[C@]1(Cc1ccccc1C)c1ccccc1. The fourth-order valence-corrected chi connectivity index (χ4v) is 4.03. The first-order chi connectivity index (χ1) is 11.7. The summed E-state index contributed by atoms with van der Waals surface area (Å²) < 4.78 is 0. The van der Waals surface area contributed by atoms with E-state index in [1.54, 1.807) is 0 Å². The molecule has 3 aromatic carbocycles. The summed E-state index contributed by atoms with van der Waals surface area (Å²) in [5.74, 6) is 0. The second-order valence-electron chi connectivity index (χ2n) is 6.74. The van der Waals surface area contributed by atoms with Gasteiger partial charge in [-0.25, -0.2) is 0 Å². The Labute approximate surface area is 144 Å². The largest absolute Gasteiger partial charge is 0.0622 e. The van der Waals surface area contributed by atoms with Gasteiger partial charge < -0.3 is 0 Å². The number of hydrogen-bond acceptors (Lipinski definition) is 0. The van der Waals surface area contributed by atoms with Gasteiger partial charge in [0.15, 0.2) is 0 Å². The van der Waals surface area contributed by atoms with Gasteiger partial charge in [-0.05, 0) is 48.1 Å². The molecule has 0 nitrogen and oxygen atoms in total. The summed E-state index contributed by atoms with van der Waals surface area (Å²) in [6.07, 6.45) is 1.04. The van der Waals surface area contributed by atoms with Crippen LogP contribution < -0.4 is 0 Å². The van der Waals surface area contributed by atoms with Crippen molar-refractivity contribution in [3.05, 3.63) is 113 Å². The van der Waals surface area contributed by atoms with Gasteiger partial charge in [-0.2, -0.15) is 0 Å². The van der Waals surface area contributed by atoms with Gasteiger partial charge in [-0.1, -0.05) is 90.5 Å². The highest BCUT2D eigenvalue weighted by atomic mass is 14.5. The third-order valence-corrected chi connectivity index (χ3v) is 5.43. The van der Waals surface area contributed by atoms with Crippen molar-refractivity contribution in [2.75, 3.05) is 0 Å². The Balaban J connectivity index is 1.81. The fourth-order valence-electron chi connectivity index (χ4n) is 4.03. The normalized spacial score (nSPS) is 19.4. The van der Waals surface area contributed by atoms with Crippen LogP contribution in [-0.2, 0) is 11.8 Å². The van der Waals surface area contributed by atoms with E-state index in [0.717, 1.165) is 6.42 Å². The van der Waals surface area contributed by atoms with Gasteiger partial charge in [0, 0.05) is 5.41 Å². The van der Waals surface area contributed by atoms with Gasteiger partial charge in [0.25, 0.3) is 0 Å². The molecule has 118 valence electrons. The molecule has 0 spiro atoms. The van der Waals surface area contributed by atoms with Gasteiger partial charge >= 0.3 is 0 Å². The van der Waals surface area contributed by atoms with E-state index in [-0.39, 0.29) is 5.41 Å². The van der Waals surface area contributed by atoms with Crippen molar-refractivity contribution in [2.24, 2.45) is 0 Å². The summed E-state index contributed by atoms with van der Waals surface area (Å²) in [7, 11) is 0. The van der Waals surface area contributed by atoms with E-state index in [9.17, 15) is 0 Å². The Morgan fingerprint density at radius 1 is 0.667 bits per heavy atom. The quantitative estimate of drug-likeness (QED) is 0.557. The van der Waals surface area contributed by atoms with E-state index in [1.807, 2.05) is 0 Å². The molecule has 3 aromatic rings. The van der Waals surface area contributed by atoms with Gasteiger partial charge in [0.05, 0.1) is 0 Å². The van der Waals surface area contributed by atoms with E-state index < -0.39 is 0 Å². The molecule has 0 heterocycles. The van der Waals surface area contributed by atoms with E-state index in [2.05, 4.69) is 98.8 Å². The molecule has 4 rings (SSSR count). The lowest BCUT2D eigenvalue weighted by atomic mass is 9.80. The van der Waals surface area contributed by atoms with Crippen molar-refractivity contribution in [3.63, 3.8) is 0 Å². The highest BCUT2D eigenvalue weighted by Crippen LogP contribution is 2.61. The molecule has 0 fully saturated rings. The maximum Gasteiger partial charge on any atom is 0.0460 e. The molecule has 0 saturated heterocycles. The molecule has 1 aliphatic rings. The van der Waals surface area contributed by atoms with Crippen LogP contribution in [0.5, 0.6) is 0 Å². The van der Waals surface area contributed by atoms with Crippen molar-refractivity contribution in [1.82, 2.24) is 0 Å². The van der Waals surface area contributed by atoms with Gasteiger partial charge in [0.2, 0.25) is 0 Å². The first-order valence-corrected chi connectivity index (χ1v) is 8.61. The topological polar surface area (TPSA) is 0 Å². The first kappa shape index (κ1) is 15.0. The number of hydrogen-bond donors (Lipinski definition) is 0. The first-order valence-electron chi connectivity index (χ1n) is 8.61. The van der Waals surface area contributed by atoms with E-state index in [1.165, 1.54) is 33.4 Å². The van der Waals surface area contributed by atoms with Crippen LogP contribution >= 0.6 is 0 Å². The second-order valence-corrected chi connectivity index (χ2v) is 6.74. The van der Waals surface area contributed by atoms with Crippen LogP contribution in [-0.4, -0.2) is 0 Å². The zero-order valence-electron chi connectivity index (χ0n) is 14.3. The van der Waals surface area contributed by atoms with Crippen molar-refractivity contribution in [2.45, 2.75) is 25.7 Å². The molecule has 0 N–H and O–H groups in total. The third-order valence-electron chi connectivity index (χ3n) is 5.43. The number of rotatable bonds is 4. The molecular weight excluding hydrogens is 288 g/mol. The predicted molar refractivity (Wildman–Crippen MR) is 102 cm³/mol. The second kappa shape index (κ2) is 5.79. The summed E-state index contributed by atoms with van der Waals surface area (Å²) >= 11 is 0. The molecule has 1 atom stereocenters. The minimum Gasteiger partial charge on any atom is -0.0622 e. The molecule has 0 aromatic heterocycles. The molecule has 0 bridgehead atoms. The Morgan fingerprint density at radius 2 is 1.25 bits per heavy atom. The summed E-state index contributed by atoms with van der Waals surface area (Å²) in [5, 5.41) is 0. The molecular formula is C24H22. The van der Waals surface area contributed by atoms with E-state index >= 15 is 0 Å². The number of allylic oxidation sites excluding steroid dienone is 2.